The van der Waals surface area contributed by atoms with Gasteiger partial charge in [-0.3, -0.25) is 0 Å². The minimum absolute atomic E-state index is 0.0347. The van der Waals surface area contributed by atoms with E-state index in [1.807, 2.05) is 42.5 Å². The van der Waals surface area contributed by atoms with Crippen LogP contribution in [0.4, 0.5) is 0 Å². The molecule has 0 fully saturated rings. The summed E-state index contributed by atoms with van der Waals surface area (Å²) in [4.78, 5) is 4.18. The van der Waals surface area contributed by atoms with Crippen LogP contribution in [-0.2, 0) is 0 Å². The maximum absolute atomic E-state index is 10.0. The monoisotopic (exact) mass is 324 g/mol. The van der Waals surface area contributed by atoms with E-state index in [1.165, 1.54) is 0 Å². The van der Waals surface area contributed by atoms with Crippen molar-refractivity contribution in [1.29, 1.82) is 0 Å². The number of hydrogen-bond acceptors (Lipinski definition) is 4. The fourth-order valence-electron chi connectivity index (χ4n) is 1.93. The van der Waals surface area contributed by atoms with Gasteiger partial charge in [0.25, 0.3) is 0 Å². The number of rotatable bonds is 5. The topological polar surface area (TPSA) is 54.4 Å². The van der Waals surface area contributed by atoms with Gasteiger partial charge in [0.2, 0.25) is 0 Å². The molecule has 0 aliphatic heterocycles. The van der Waals surface area contributed by atoms with E-state index in [9.17, 15) is 5.11 Å². The summed E-state index contributed by atoms with van der Waals surface area (Å²) in [6, 6.07) is 13.2. The molecule has 0 saturated carbocycles. The van der Waals surface area contributed by atoms with Crippen molar-refractivity contribution >= 4 is 0 Å². The lowest BCUT2D eigenvalue weighted by Gasteiger charge is -2.23. The Labute approximate surface area is 143 Å². The third-order valence-electron chi connectivity index (χ3n) is 3.18. The molecule has 0 bridgehead atoms. The third-order valence-corrected chi connectivity index (χ3v) is 3.18. The number of aliphatic hydroxyl groups excluding tert-OH is 1. The second kappa shape index (κ2) is 8.49. The summed E-state index contributed by atoms with van der Waals surface area (Å²) >= 11 is 0. The fraction of sp³-hybridized carbons (Fsp3) is 0.350. The lowest BCUT2D eigenvalue weighted by molar-refractivity contribution is 0.0999. The highest BCUT2D eigenvalue weighted by atomic mass is 16.5. The van der Waals surface area contributed by atoms with Crippen LogP contribution in [0.15, 0.2) is 48.7 Å². The van der Waals surface area contributed by atoms with Gasteiger partial charge < -0.3 is 15.2 Å². The van der Waals surface area contributed by atoms with Gasteiger partial charge >= 0.3 is 0 Å². The predicted molar refractivity (Wildman–Crippen MR) is 95.9 cm³/mol. The van der Waals surface area contributed by atoms with E-state index in [-0.39, 0.29) is 12.1 Å². The number of nitrogens with zero attached hydrogens (tertiary/aromatic N) is 1. The molecule has 0 aliphatic carbocycles. The van der Waals surface area contributed by atoms with Gasteiger partial charge in [-0.05, 0) is 51.0 Å². The zero-order valence-electron chi connectivity index (χ0n) is 14.4. The van der Waals surface area contributed by atoms with Crippen LogP contribution in [0.2, 0.25) is 0 Å². The molecule has 2 rings (SSSR count). The maximum Gasteiger partial charge on any atom is 0.135 e. The van der Waals surface area contributed by atoms with Gasteiger partial charge in [0.15, 0.2) is 0 Å². The van der Waals surface area contributed by atoms with Crippen LogP contribution < -0.4 is 10.1 Å². The standard InChI is InChI=1S/C20H24N2O2/c1-20(2,3)22-14-18(23)15-24-19-10-5-4-8-16(19)11-12-17-9-6-7-13-21-17/h4-10,13,18,22-23H,14-15H2,1-3H3. The first-order valence-corrected chi connectivity index (χ1v) is 8.02. The van der Waals surface area contributed by atoms with Crippen molar-refractivity contribution in [3.8, 4) is 17.6 Å². The highest BCUT2D eigenvalue weighted by Crippen LogP contribution is 2.17. The van der Waals surface area contributed by atoms with Gasteiger partial charge in [-0.1, -0.05) is 24.1 Å². The van der Waals surface area contributed by atoms with Crippen LogP contribution in [0.25, 0.3) is 0 Å². The molecule has 1 heterocycles. The predicted octanol–water partition coefficient (Wildman–Crippen LogP) is 2.61. The fourth-order valence-corrected chi connectivity index (χ4v) is 1.93. The molecular weight excluding hydrogens is 300 g/mol. The summed E-state index contributed by atoms with van der Waals surface area (Å²) < 4.78 is 5.74. The van der Waals surface area contributed by atoms with Crippen molar-refractivity contribution in [1.82, 2.24) is 10.3 Å². The number of para-hydroxylation sites is 1. The van der Waals surface area contributed by atoms with Crippen LogP contribution in [0, 0.1) is 11.8 Å². The Morgan fingerprint density at radius 3 is 2.58 bits per heavy atom. The van der Waals surface area contributed by atoms with Crippen molar-refractivity contribution < 1.29 is 9.84 Å². The van der Waals surface area contributed by atoms with E-state index >= 15 is 0 Å². The Balaban J connectivity index is 1.98. The van der Waals surface area contributed by atoms with E-state index < -0.39 is 6.10 Å². The number of hydrogen-bond donors (Lipinski definition) is 2. The largest absolute Gasteiger partial charge is 0.490 e. The van der Waals surface area contributed by atoms with Crippen molar-refractivity contribution in [3.63, 3.8) is 0 Å². The van der Waals surface area contributed by atoms with Crippen LogP contribution in [0.5, 0.6) is 5.75 Å². The Hall–Kier alpha value is -2.35. The lowest BCUT2D eigenvalue weighted by atomic mass is 10.1. The number of benzene rings is 1. The highest BCUT2D eigenvalue weighted by molar-refractivity contribution is 5.48. The van der Waals surface area contributed by atoms with E-state index in [0.29, 0.717) is 18.0 Å². The van der Waals surface area contributed by atoms with Crippen LogP contribution >= 0.6 is 0 Å². The van der Waals surface area contributed by atoms with Gasteiger partial charge in [-0.2, -0.15) is 0 Å². The average Bonchev–Trinajstić information content (AvgIpc) is 2.57. The van der Waals surface area contributed by atoms with Crippen molar-refractivity contribution in [2.75, 3.05) is 13.2 Å². The molecule has 2 N–H and O–H groups in total. The molecule has 126 valence electrons. The number of nitrogens with one attached hydrogen (secondary N) is 1. The van der Waals surface area contributed by atoms with Gasteiger partial charge in [0.05, 0.1) is 5.56 Å². The quantitative estimate of drug-likeness (QED) is 0.830. The third kappa shape index (κ3) is 6.41. The first-order chi connectivity index (χ1) is 11.4. The SMILES string of the molecule is CC(C)(C)NCC(O)COc1ccccc1C#Cc1ccccn1. The normalized spacial score (nSPS) is 12.2. The molecule has 1 aromatic heterocycles. The summed E-state index contributed by atoms with van der Waals surface area (Å²) in [5, 5.41) is 13.3. The van der Waals surface area contributed by atoms with Crippen molar-refractivity contribution in [3.05, 3.63) is 59.9 Å². The Kier molecular flexibility index (Phi) is 6.36. The first-order valence-electron chi connectivity index (χ1n) is 8.02. The lowest BCUT2D eigenvalue weighted by Crippen LogP contribution is -2.42. The maximum atomic E-state index is 10.0. The number of aromatic nitrogens is 1. The zero-order chi connectivity index (χ0) is 17.4. The minimum Gasteiger partial charge on any atom is -0.490 e. The molecule has 0 spiro atoms. The summed E-state index contributed by atoms with van der Waals surface area (Å²) in [5.41, 5.74) is 1.45. The molecule has 1 unspecified atom stereocenters. The molecule has 4 nitrogen and oxygen atoms in total. The molecule has 4 heteroatoms. The molecule has 0 amide bonds. The van der Waals surface area contributed by atoms with Crippen molar-refractivity contribution in [2.45, 2.75) is 32.4 Å². The Bertz CT molecular complexity index is 697. The summed E-state index contributed by atoms with van der Waals surface area (Å²) in [7, 11) is 0. The summed E-state index contributed by atoms with van der Waals surface area (Å²) in [5.74, 6) is 6.76. The summed E-state index contributed by atoms with van der Waals surface area (Å²) in [6.45, 7) is 6.87. The summed E-state index contributed by atoms with van der Waals surface area (Å²) in [6.07, 6.45) is 1.13. The smallest absolute Gasteiger partial charge is 0.135 e. The van der Waals surface area contributed by atoms with Crippen molar-refractivity contribution in [2.24, 2.45) is 0 Å². The van der Waals surface area contributed by atoms with Gasteiger partial charge in [-0.25, -0.2) is 4.98 Å². The van der Waals surface area contributed by atoms with Crippen LogP contribution in [0.1, 0.15) is 32.0 Å². The number of β-amino-alcohol motifs (C(OH)–C–C–N with tert-alkyl or cyclic N) is 1. The highest BCUT2D eigenvalue weighted by Gasteiger charge is 2.13. The second-order valence-corrected chi connectivity index (χ2v) is 6.56. The minimum atomic E-state index is -0.582. The first kappa shape index (κ1) is 18.0. The molecule has 0 aliphatic rings. The number of ether oxygens (including phenoxy) is 1. The molecular formula is C20H24N2O2. The average molecular weight is 324 g/mol. The van der Waals surface area contributed by atoms with Gasteiger partial charge in [0.1, 0.15) is 24.2 Å². The molecule has 24 heavy (non-hydrogen) atoms. The van der Waals surface area contributed by atoms with E-state index in [2.05, 4.69) is 42.9 Å². The Morgan fingerprint density at radius 2 is 1.88 bits per heavy atom. The van der Waals surface area contributed by atoms with E-state index in [4.69, 9.17) is 4.74 Å². The molecule has 0 saturated heterocycles. The molecule has 2 aromatic rings. The molecule has 1 aromatic carbocycles. The van der Waals surface area contributed by atoms with E-state index in [1.54, 1.807) is 6.20 Å². The zero-order valence-corrected chi connectivity index (χ0v) is 14.4. The van der Waals surface area contributed by atoms with Crippen LogP contribution in [-0.4, -0.2) is 34.9 Å². The number of aliphatic hydroxyl groups is 1. The van der Waals surface area contributed by atoms with E-state index in [0.717, 1.165) is 5.56 Å². The van der Waals surface area contributed by atoms with Gasteiger partial charge in [-0.15, -0.1) is 0 Å². The second-order valence-electron chi connectivity index (χ2n) is 6.56. The Morgan fingerprint density at radius 1 is 1.12 bits per heavy atom. The van der Waals surface area contributed by atoms with Gasteiger partial charge in [0, 0.05) is 18.3 Å². The molecule has 0 radical (unpaired) electrons. The number of pyridine rings is 1. The van der Waals surface area contributed by atoms with Crippen LogP contribution in [0.3, 0.4) is 0 Å². The molecule has 1 atom stereocenters.